The zero-order chi connectivity index (χ0) is 35.9. The molecule has 1 aliphatic rings. The summed E-state index contributed by atoms with van der Waals surface area (Å²) in [5.41, 5.74) is 8.03. The molecule has 2 nitrogen and oxygen atoms in total. The molecule has 6 aromatic carbocycles. The SMILES string of the molecule is Cc1ccc(P(c2ccc(C)cc2)c2ccccc2CN[C@H]2CCCC[C@@H]2NCc2ccccc2P(c2ccc(C)cc2)c2ccc(C)cc2)cc1. The van der Waals surface area contributed by atoms with Gasteiger partial charge in [0.2, 0.25) is 0 Å². The summed E-state index contributed by atoms with van der Waals surface area (Å²) in [7, 11) is -1.35. The highest BCUT2D eigenvalue weighted by Gasteiger charge is 2.27. The maximum atomic E-state index is 4.09. The van der Waals surface area contributed by atoms with E-state index in [0.29, 0.717) is 12.1 Å². The highest BCUT2D eigenvalue weighted by Crippen LogP contribution is 2.36. The fourth-order valence-electron chi connectivity index (χ4n) is 7.49. The number of aryl methyl sites for hydroxylation is 4. The molecule has 1 aliphatic carbocycles. The minimum Gasteiger partial charge on any atom is -0.308 e. The molecule has 0 bridgehead atoms. The standard InChI is InChI=1S/C48H52N2P2/c1-35-17-25-41(26-18-35)51(42-27-19-36(2)20-28-42)47-15-9-5-11-39(47)33-49-45-13-7-8-14-46(45)50-34-40-12-6-10-16-48(40)52(43-29-21-37(3)22-30-43)44-31-23-38(4)24-32-44/h5-6,9-12,15-32,45-46,49-50H,7-8,13-14,33-34H2,1-4H3/t45-,46-/m0/s1. The van der Waals surface area contributed by atoms with Crippen molar-refractivity contribution in [2.24, 2.45) is 0 Å². The van der Waals surface area contributed by atoms with Gasteiger partial charge in [-0.05, 0) is 99.3 Å². The lowest BCUT2D eigenvalue weighted by Crippen LogP contribution is -2.49. The van der Waals surface area contributed by atoms with E-state index in [-0.39, 0.29) is 0 Å². The van der Waals surface area contributed by atoms with Gasteiger partial charge in [0, 0.05) is 25.2 Å². The van der Waals surface area contributed by atoms with Gasteiger partial charge in [0.1, 0.15) is 0 Å². The van der Waals surface area contributed by atoms with Crippen LogP contribution in [0.2, 0.25) is 0 Å². The molecular formula is C48H52N2P2. The second-order valence-corrected chi connectivity index (χ2v) is 18.9. The molecule has 0 radical (unpaired) electrons. The third-order valence-electron chi connectivity index (χ3n) is 10.5. The van der Waals surface area contributed by atoms with Crippen molar-refractivity contribution in [2.45, 2.75) is 78.6 Å². The van der Waals surface area contributed by atoms with E-state index in [1.807, 2.05) is 0 Å². The molecule has 0 heterocycles. The molecule has 264 valence electrons. The zero-order valence-electron chi connectivity index (χ0n) is 31.1. The highest BCUT2D eigenvalue weighted by atomic mass is 31.1. The van der Waals surface area contributed by atoms with Crippen LogP contribution in [0.4, 0.5) is 0 Å². The Kier molecular flexibility index (Phi) is 12.1. The van der Waals surface area contributed by atoms with Crippen molar-refractivity contribution in [3.05, 3.63) is 179 Å². The predicted molar refractivity (Wildman–Crippen MR) is 229 cm³/mol. The number of nitrogens with one attached hydrogen (secondary N) is 2. The van der Waals surface area contributed by atoms with Crippen molar-refractivity contribution in [1.29, 1.82) is 0 Å². The Morgan fingerprint density at radius 3 is 1.00 bits per heavy atom. The second-order valence-electron chi connectivity index (χ2n) is 14.5. The zero-order valence-corrected chi connectivity index (χ0v) is 32.9. The molecule has 7 rings (SSSR count). The van der Waals surface area contributed by atoms with Crippen LogP contribution < -0.4 is 42.5 Å². The van der Waals surface area contributed by atoms with E-state index in [1.54, 1.807) is 0 Å². The van der Waals surface area contributed by atoms with E-state index < -0.39 is 15.8 Å². The molecule has 2 atom stereocenters. The lowest BCUT2D eigenvalue weighted by Gasteiger charge is -2.34. The van der Waals surface area contributed by atoms with Gasteiger partial charge in [-0.2, -0.15) is 0 Å². The summed E-state index contributed by atoms with van der Waals surface area (Å²) in [6.07, 6.45) is 4.95. The molecule has 4 heteroatoms. The summed E-state index contributed by atoms with van der Waals surface area (Å²) in [6, 6.07) is 56.0. The normalized spacial score (nSPS) is 16.0. The Bertz CT molecular complexity index is 1790. The summed E-state index contributed by atoms with van der Waals surface area (Å²) in [6.45, 7) is 10.5. The molecule has 2 N–H and O–H groups in total. The van der Waals surface area contributed by atoms with E-state index in [9.17, 15) is 0 Å². The average molecular weight is 719 g/mol. The maximum absolute atomic E-state index is 4.09. The quantitative estimate of drug-likeness (QED) is 0.124. The van der Waals surface area contributed by atoms with Crippen molar-refractivity contribution < 1.29 is 0 Å². The third kappa shape index (κ3) is 8.82. The van der Waals surface area contributed by atoms with Crippen LogP contribution in [0.25, 0.3) is 0 Å². The van der Waals surface area contributed by atoms with Crippen LogP contribution in [-0.2, 0) is 13.1 Å². The molecule has 1 fully saturated rings. The van der Waals surface area contributed by atoms with Crippen molar-refractivity contribution in [2.75, 3.05) is 0 Å². The first-order valence-corrected chi connectivity index (χ1v) is 21.6. The van der Waals surface area contributed by atoms with Gasteiger partial charge in [-0.25, -0.2) is 0 Å². The third-order valence-corrected chi connectivity index (χ3v) is 15.6. The van der Waals surface area contributed by atoms with E-state index in [2.05, 4.69) is 184 Å². The Labute approximate surface area is 314 Å². The predicted octanol–water partition coefficient (Wildman–Crippen LogP) is 8.63. The minimum atomic E-state index is -0.675. The topological polar surface area (TPSA) is 24.1 Å². The van der Waals surface area contributed by atoms with Crippen LogP contribution in [0.3, 0.4) is 0 Å². The molecule has 52 heavy (non-hydrogen) atoms. The summed E-state index contributed by atoms with van der Waals surface area (Å²) < 4.78 is 0. The van der Waals surface area contributed by atoms with Crippen LogP contribution in [0.5, 0.6) is 0 Å². The smallest absolute Gasteiger partial charge is 0.0224 e. The first-order chi connectivity index (χ1) is 25.4. The summed E-state index contributed by atoms with van der Waals surface area (Å²) in [4.78, 5) is 0. The molecule has 0 spiro atoms. The van der Waals surface area contributed by atoms with E-state index in [0.717, 1.165) is 13.1 Å². The lowest BCUT2D eigenvalue weighted by atomic mass is 9.90. The van der Waals surface area contributed by atoms with E-state index >= 15 is 0 Å². The van der Waals surface area contributed by atoms with Crippen molar-refractivity contribution in [3.63, 3.8) is 0 Å². The van der Waals surface area contributed by atoms with Gasteiger partial charge in [-0.3, -0.25) is 0 Å². The number of benzene rings is 6. The van der Waals surface area contributed by atoms with Crippen LogP contribution in [-0.4, -0.2) is 12.1 Å². The van der Waals surface area contributed by atoms with Gasteiger partial charge >= 0.3 is 0 Å². The number of hydrogen-bond acceptors (Lipinski definition) is 2. The largest absolute Gasteiger partial charge is 0.308 e. The fourth-order valence-corrected chi connectivity index (χ4v) is 12.3. The summed E-state index contributed by atoms with van der Waals surface area (Å²) in [5, 5.41) is 16.7. The molecule has 0 unspecified atom stereocenters. The summed E-state index contributed by atoms with van der Waals surface area (Å²) >= 11 is 0. The maximum Gasteiger partial charge on any atom is 0.0224 e. The van der Waals surface area contributed by atoms with E-state index in [4.69, 9.17) is 0 Å². The molecule has 6 aromatic rings. The molecule has 0 saturated heterocycles. The molecule has 0 amide bonds. The number of rotatable bonds is 12. The Morgan fingerprint density at radius 1 is 0.404 bits per heavy atom. The highest BCUT2D eigenvalue weighted by molar-refractivity contribution is 7.80. The van der Waals surface area contributed by atoms with Gasteiger partial charge in [0.05, 0.1) is 0 Å². The van der Waals surface area contributed by atoms with Crippen LogP contribution >= 0.6 is 15.8 Å². The lowest BCUT2D eigenvalue weighted by molar-refractivity contribution is 0.281. The van der Waals surface area contributed by atoms with Crippen molar-refractivity contribution in [3.8, 4) is 0 Å². The van der Waals surface area contributed by atoms with E-state index in [1.165, 1.54) is 90.9 Å². The molecular weight excluding hydrogens is 666 g/mol. The Morgan fingerprint density at radius 2 is 0.692 bits per heavy atom. The van der Waals surface area contributed by atoms with Gasteiger partial charge in [-0.1, -0.05) is 181 Å². The first kappa shape index (κ1) is 36.5. The van der Waals surface area contributed by atoms with Crippen LogP contribution in [0, 0.1) is 27.7 Å². The van der Waals surface area contributed by atoms with Crippen molar-refractivity contribution in [1.82, 2.24) is 10.6 Å². The molecule has 0 aliphatic heterocycles. The molecule has 0 aromatic heterocycles. The van der Waals surface area contributed by atoms with Gasteiger partial charge in [0.15, 0.2) is 0 Å². The second kappa shape index (κ2) is 17.3. The van der Waals surface area contributed by atoms with Crippen LogP contribution in [0.1, 0.15) is 59.1 Å². The van der Waals surface area contributed by atoms with Crippen molar-refractivity contribution >= 4 is 47.7 Å². The Hall–Kier alpha value is -3.90. The van der Waals surface area contributed by atoms with Crippen LogP contribution in [0.15, 0.2) is 146 Å². The fraction of sp³-hybridized carbons (Fsp3) is 0.250. The van der Waals surface area contributed by atoms with Gasteiger partial charge < -0.3 is 10.6 Å². The average Bonchev–Trinajstić information content (AvgIpc) is 3.17. The minimum absolute atomic E-state index is 0.426. The first-order valence-electron chi connectivity index (χ1n) is 18.9. The number of hydrogen-bond donors (Lipinski definition) is 2. The van der Waals surface area contributed by atoms with Gasteiger partial charge in [-0.15, -0.1) is 0 Å². The summed E-state index contributed by atoms with van der Waals surface area (Å²) in [5.74, 6) is 0. The molecule has 1 saturated carbocycles. The Balaban J connectivity index is 1.11. The monoisotopic (exact) mass is 718 g/mol. The van der Waals surface area contributed by atoms with Gasteiger partial charge in [0.25, 0.3) is 0 Å².